The third kappa shape index (κ3) is 6.37. The van der Waals surface area contributed by atoms with E-state index in [4.69, 9.17) is 5.73 Å². The predicted octanol–water partition coefficient (Wildman–Crippen LogP) is 1.50. The number of hydrogen-bond donors (Lipinski definition) is 3. The summed E-state index contributed by atoms with van der Waals surface area (Å²) in [6.45, 7) is 4.23. The number of halogens is 1. The Hall–Kier alpha value is -1.10. The quantitative estimate of drug-likeness (QED) is 0.714. The summed E-state index contributed by atoms with van der Waals surface area (Å²) in [6.07, 6.45) is 0.872. The van der Waals surface area contributed by atoms with E-state index in [-0.39, 0.29) is 30.8 Å². The van der Waals surface area contributed by atoms with Gasteiger partial charge in [-0.2, -0.15) is 0 Å². The highest BCUT2D eigenvalue weighted by atomic mass is 35.5. The second-order valence-corrected chi connectivity index (χ2v) is 4.99. The maximum Gasteiger partial charge on any atom is 0.237 e. The molecule has 1 aromatic rings. The van der Waals surface area contributed by atoms with Crippen molar-refractivity contribution in [1.29, 1.82) is 0 Å². The second-order valence-electron chi connectivity index (χ2n) is 4.99. The average molecular weight is 301 g/mol. The zero-order chi connectivity index (χ0) is 14.3. The highest BCUT2D eigenvalue weighted by molar-refractivity contribution is 5.85. The van der Waals surface area contributed by atoms with Crippen LogP contribution in [0.4, 0.5) is 0 Å². The molecular formula is C15H25ClN2O2. The molecule has 0 spiro atoms. The van der Waals surface area contributed by atoms with E-state index < -0.39 is 12.1 Å². The molecule has 0 bridgehead atoms. The molecule has 0 heterocycles. The molecule has 114 valence electrons. The van der Waals surface area contributed by atoms with Crippen molar-refractivity contribution in [3.63, 3.8) is 0 Å². The van der Waals surface area contributed by atoms with Crippen molar-refractivity contribution >= 4 is 18.3 Å². The number of carbonyl (C=O) groups excluding carboxylic acids is 1. The van der Waals surface area contributed by atoms with Gasteiger partial charge in [0.2, 0.25) is 5.91 Å². The molecular weight excluding hydrogens is 276 g/mol. The SMILES string of the molecule is CCC(C)C(O)CNC(=O)[C@@H](N)Cc1ccccc1.Cl. The molecule has 4 N–H and O–H groups in total. The van der Waals surface area contributed by atoms with Gasteiger partial charge in [0.1, 0.15) is 0 Å². The summed E-state index contributed by atoms with van der Waals surface area (Å²) in [5.41, 5.74) is 6.89. The van der Waals surface area contributed by atoms with Gasteiger partial charge in [0.15, 0.2) is 0 Å². The zero-order valence-electron chi connectivity index (χ0n) is 12.1. The van der Waals surface area contributed by atoms with E-state index in [1.807, 2.05) is 44.2 Å². The first kappa shape index (κ1) is 18.9. The summed E-state index contributed by atoms with van der Waals surface area (Å²) in [4.78, 5) is 11.8. The van der Waals surface area contributed by atoms with Gasteiger partial charge in [0, 0.05) is 6.54 Å². The first-order valence-corrected chi connectivity index (χ1v) is 6.79. The van der Waals surface area contributed by atoms with Crippen LogP contribution < -0.4 is 11.1 Å². The Morgan fingerprint density at radius 3 is 2.50 bits per heavy atom. The van der Waals surface area contributed by atoms with Gasteiger partial charge in [-0.1, -0.05) is 50.6 Å². The third-order valence-electron chi connectivity index (χ3n) is 3.42. The van der Waals surface area contributed by atoms with Gasteiger partial charge in [0.25, 0.3) is 0 Å². The Balaban J connectivity index is 0.00000361. The van der Waals surface area contributed by atoms with Crippen LogP contribution >= 0.6 is 12.4 Å². The Morgan fingerprint density at radius 2 is 1.95 bits per heavy atom. The number of aliphatic hydroxyl groups is 1. The average Bonchev–Trinajstić information content (AvgIpc) is 2.44. The molecule has 4 nitrogen and oxygen atoms in total. The number of rotatable bonds is 7. The van der Waals surface area contributed by atoms with Crippen molar-refractivity contribution in [2.24, 2.45) is 11.7 Å². The minimum absolute atomic E-state index is 0. The predicted molar refractivity (Wildman–Crippen MR) is 83.8 cm³/mol. The van der Waals surface area contributed by atoms with E-state index in [0.29, 0.717) is 6.42 Å². The lowest BCUT2D eigenvalue weighted by Gasteiger charge is -2.19. The van der Waals surface area contributed by atoms with E-state index in [1.165, 1.54) is 0 Å². The number of carbonyl (C=O) groups is 1. The maximum atomic E-state index is 11.8. The van der Waals surface area contributed by atoms with E-state index in [2.05, 4.69) is 5.32 Å². The summed E-state index contributed by atoms with van der Waals surface area (Å²) < 4.78 is 0. The van der Waals surface area contributed by atoms with Crippen molar-refractivity contribution in [2.45, 2.75) is 38.8 Å². The molecule has 0 aromatic heterocycles. The minimum Gasteiger partial charge on any atom is -0.391 e. The third-order valence-corrected chi connectivity index (χ3v) is 3.42. The molecule has 0 saturated carbocycles. The molecule has 20 heavy (non-hydrogen) atoms. The minimum atomic E-state index is -0.577. The van der Waals surface area contributed by atoms with Gasteiger partial charge in [-0.15, -0.1) is 12.4 Å². The number of aliphatic hydroxyl groups excluding tert-OH is 1. The molecule has 1 aromatic carbocycles. The summed E-state index contributed by atoms with van der Waals surface area (Å²) in [5, 5.41) is 12.5. The van der Waals surface area contributed by atoms with Crippen LogP contribution in [0.1, 0.15) is 25.8 Å². The van der Waals surface area contributed by atoms with Gasteiger partial charge < -0.3 is 16.2 Å². The molecule has 2 unspecified atom stereocenters. The lowest BCUT2D eigenvalue weighted by atomic mass is 10.0. The molecule has 0 aliphatic heterocycles. The van der Waals surface area contributed by atoms with Gasteiger partial charge in [-0.25, -0.2) is 0 Å². The molecule has 0 aliphatic rings. The number of hydrogen-bond acceptors (Lipinski definition) is 3. The van der Waals surface area contributed by atoms with Crippen LogP contribution in [0.25, 0.3) is 0 Å². The van der Waals surface area contributed by atoms with E-state index in [9.17, 15) is 9.90 Å². The van der Waals surface area contributed by atoms with Crippen molar-refractivity contribution in [2.75, 3.05) is 6.54 Å². The monoisotopic (exact) mass is 300 g/mol. The highest BCUT2D eigenvalue weighted by Crippen LogP contribution is 2.06. The molecule has 0 radical (unpaired) electrons. The smallest absolute Gasteiger partial charge is 0.237 e. The number of amides is 1. The molecule has 0 saturated heterocycles. The van der Waals surface area contributed by atoms with Crippen LogP contribution in [0.5, 0.6) is 0 Å². The summed E-state index contributed by atoms with van der Waals surface area (Å²) in [6, 6.07) is 9.09. The molecule has 0 fully saturated rings. The van der Waals surface area contributed by atoms with Gasteiger partial charge >= 0.3 is 0 Å². The first-order valence-electron chi connectivity index (χ1n) is 6.79. The van der Waals surface area contributed by atoms with Crippen molar-refractivity contribution in [1.82, 2.24) is 5.32 Å². The lowest BCUT2D eigenvalue weighted by Crippen LogP contribution is -2.45. The lowest BCUT2D eigenvalue weighted by molar-refractivity contribution is -0.122. The van der Waals surface area contributed by atoms with Crippen LogP contribution in [-0.2, 0) is 11.2 Å². The van der Waals surface area contributed by atoms with Gasteiger partial charge in [-0.05, 0) is 17.9 Å². The molecule has 5 heteroatoms. The zero-order valence-corrected chi connectivity index (χ0v) is 12.9. The van der Waals surface area contributed by atoms with E-state index >= 15 is 0 Å². The molecule has 1 amide bonds. The standard InChI is InChI=1S/C15H24N2O2.ClH/c1-3-11(2)14(18)10-17-15(19)13(16)9-12-7-5-4-6-8-12;/h4-8,11,13-14,18H,3,9-10,16H2,1-2H3,(H,17,19);1H/t11?,13-,14?;/m0./s1. The first-order chi connectivity index (χ1) is 9.04. The summed E-state index contributed by atoms with van der Waals surface area (Å²) in [5.74, 6) is -0.0446. The topological polar surface area (TPSA) is 75.3 Å². The van der Waals surface area contributed by atoms with Crippen LogP contribution in [0, 0.1) is 5.92 Å². The number of nitrogens with one attached hydrogen (secondary N) is 1. The van der Waals surface area contributed by atoms with Gasteiger partial charge in [0.05, 0.1) is 12.1 Å². The fourth-order valence-corrected chi connectivity index (χ4v) is 1.77. The van der Waals surface area contributed by atoms with Crippen molar-refractivity contribution in [3.05, 3.63) is 35.9 Å². The van der Waals surface area contributed by atoms with Crippen LogP contribution in [-0.4, -0.2) is 29.7 Å². The van der Waals surface area contributed by atoms with E-state index in [0.717, 1.165) is 12.0 Å². The summed E-state index contributed by atoms with van der Waals surface area (Å²) in [7, 11) is 0. The van der Waals surface area contributed by atoms with Crippen LogP contribution in [0.15, 0.2) is 30.3 Å². The largest absolute Gasteiger partial charge is 0.391 e. The summed E-state index contributed by atoms with van der Waals surface area (Å²) >= 11 is 0. The highest BCUT2D eigenvalue weighted by Gasteiger charge is 2.17. The second kappa shape index (κ2) is 9.75. The Labute approximate surface area is 127 Å². The normalized spacial score (nSPS) is 14.8. The van der Waals surface area contributed by atoms with Crippen molar-refractivity contribution < 1.29 is 9.90 Å². The van der Waals surface area contributed by atoms with Crippen molar-refractivity contribution in [3.8, 4) is 0 Å². The Morgan fingerprint density at radius 1 is 1.35 bits per heavy atom. The fourth-order valence-electron chi connectivity index (χ4n) is 1.77. The Bertz CT molecular complexity index is 387. The number of benzene rings is 1. The Kier molecular flexibility index (Phi) is 9.21. The van der Waals surface area contributed by atoms with Gasteiger partial charge in [-0.3, -0.25) is 4.79 Å². The van der Waals surface area contributed by atoms with Crippen LogP contribution in [0.2, 0.25) is 0 Å². The molecule has 0 aliphatic carbocycles. The number of nitrogens with two attached hydrogens (primary N) is 1. The maximum absolute atomic E-state index is 11.8. The van der Waals surface area contributed by atoms with Crippen LogP contribution in [0.3, 0.4) is 0 Å². The molecule has 3 atom stereocenters. The van der Waals surface area contributed by atoms with E-state index in [1.54, 1.807) is 0 Å². The molecule has 1 rings (SSSR count). The fraction of sp³-hybridized carbons (Fsp3) is 0.533.